The summed E-state index contributed by atoms with van der Waals surface area (Å²) in [5.74, 6) is 1.66. The summed E-state index contributed by atoms with van der Waals surface area (Å²) in [6.45, 7) is 6.46. The fourth-order valence-electron chi connectivity index (χ4n) is 5.29. The molecule has 0 aliphatic rings. The van der Waals surface area contributed by atoms with Gasteiger partial charge < -0.3 is 0 Å². The molecule has 6 aromatic rings. The van der Waals surface area contributed by atoms with Crippen molar-refractivity contribution in [2.45, 2.75) is 20.8 Å². The topological polar surface area (TPSA) is 30.7 Å². The summed E-state index contributed by atoms with van der Waals surface area (Å²) < 4.78 is 2.24. The highest BCUT2D eigenvalue weighted by Gasteiger charge is 2.22. The predicted molar refractivity (Wildman–Crippen MR) is 157 cm³/mol. The Hall–Kier alpha value is -4.76. The zero-order valence-electron chi connectivity index (χ0n) is 21.9. The summed E-state index contributed by atoms with van der Waals surface area (Å²) >= 11 is 0. The lowest BCUT2D eigenvalue weighted by atomic mass is 9.98. The Morgan fingerprint density at radius 1 is 0.421 bits per heavy atom. The van der Waals surface area contributed by atoms with Gasteiger partial charge in [-0.15, -0.1) is 10.2 Å². The summed E-state index contributed by atoms with van der Waals surface area (Å²) in [6.07, 6.45) is 0. The first-order valence-electron chi connectivity index (χ1n) is 12.9. The van der Waals surface area contributed by atoms with E-state index in [1.807, 2.05) is 6.07 Å². The molecule has 0 atom stereocenters. The molecule has 0 spiro atoms. The van der Waals surface area contributed by atoms with Crippen molar-refractivity contribution in [2.24, 2.45) is 0 Å². The molecular formula is C35H29N3. The van der Waals surface area contributed by atoms with Crippen LogP contribution in [0.1, 0.15) is 16.7 Å². The van der Waals surface area contributed by atoms with Gasteiger partial charge in [-0.2, -0.15) is 0 Å². The summed E-state index contributed by atoms with van der Waals surface area (Å²) in [5, 5.41) is 9.67. The lowest BCUT2D eigenvalue weighted by Gasteiger charge is -2.18. The van der Waals surface area contributed by atoms with Crippen LogP contribution < -0.4 is 0 Å². The highest BCUT2D eigenvalue weighted by molar-refractivity contribution is 5.83. The molecule has 5 aromatic carbocycles. The minimum absolute atomic E-state index is 0.829. The third kappa shape index (κ3) is 4.22. The summed E-state index contributed by atoms with van der Waals surface area (Å²) in [4.78, 5) is 0. The number of nitrogens with zero attached hydrogens (tertiary/aromatic N) is 3. The maximum atomic E-state index is 4.84. The lowest BCUT2D eigenvalue weighted by molar-refractivity contribution is 1.04. The van der Waals surface area contributed by atoms with E-state index < -0.39 is 0 Å². The van der Waals surface area contributed by atoms with Gasteiger partial charge in [0.05, 0.1) is 5.69 Å². The minimum atomic E-state index is 0.829. The predicted octanol–water partition coefficient (Wildman–Crippen LogP) is 8.86. The lowest BCUT2D eigenvalue weighted by Crippen LogP contribution is -2.05. The smallest absolute Gasteiger partial charge is 0.169 e. The fourth-order valence-corrected chi connectivity index (χ4v) is 5.29. The number of aromatic nitrogens is 3. The maximum absolute atomic E-state index is 4.84. The van der Waals surface area contributed by atoms with E-state index in [2.05, 4.69) is 141 Å². The molecule has 1 heterocycles. The molecule has 0 saturated carbocycles. The minimum Gasteiger partial charge on any atom is -0.274 e. The van der Waals surface area contributed by atoms with E-state index >= 15 is 0 Å². The SMILES string of the molecule is Cc1ccccc1-c1cccc(-c2nnc(-c3ccccc3-c3ccccc3)n2-c2c(C)cccc2C)c1. The molecule has 1 aromatic heterocycles. The monoisotopic (exact) mass is 491 g/mol. The van der Waals surface area contributed by atoms with E-state index in [0.29, 0.717) is 0 Å². The second-order valence-electron chi connectivity index (χ2n) is 9.73. The van der Waals surface area contributed by atoms with Crippen LogP contribution in [0.15, 0.2) is 121 Å². The van der Waals surface area contributed by atoms with Crippen molar-refractivity contribution >= 4 is 0 Å². The average Bonchev–Trinajstić information content (AvgIpc) is 3.38. The third-order valence-electron chi connectivity index (χ3n) is 7.16. The molecule has 0 aliphatic heterocycles. The Morgan fingerprint density at radius 2 is 0.947 bits per heavy atom. The number of para-hydroxylation sites is 1. The van der Waals surface area contributed by atoms with Crippen LogP contribution in [0, 0.1) is 20.8 Å². The highest BCUT2D eigenvalue weighted by atomic mass is 15.3. The van der Waals surface area contributed by atoms with Gasteiger partial charge in [0, 0.05) is 11.1 Å². The second kappa shape index (κ2) is 9.95. The van der Waals surface area contributed by atoms with Crippen LogP contribution >= 0.6 is 0 Å². The molecule has 38 heavy (non-hydrogen) atoms. The molecule has 6 rings (SSSR count). The molecule has 3 nitrogen and oxygen atoms in total. The molecule has 0 amide bonds. The van der Waals surface area contributed by atoms with Crippen LogP contribution in [0.2, 0.25) is 0 Å². The first kappa shape index (κ1) is 23.6. The van der Waals surface area contributed by atoms with Crippen molar-refractivity contribution in [3.63, 3.8) is 0 Å². The van der Waals surface area contributed by atoms with Crippen molar-refractivity contribution in [3.8, 4) is 50.7 Å². The van der Waals surface area contributed by atoms with Gasteiger partial charge in [-0.25, -0.2) is 0 Å². The van der Waals surface area contributed by atoms with Gasteiger partial charge in [-0.3, -0.25) is 4.57 Å². The van der Waals surface area contributed by atoms with E-state index in [9.17, 15) is 0 Å². The quantitative estimate of drug-likeness (QED) is 0.241. The first-order valence-corrected chi connectivity index (χ1v) is 12.9. The standard InChI is InChI=1S/C35H29N3/c1-24-13-7-8-20-30(24)28-18-12-19-29(23-28)34-36-37-35(38(34)33-25(2)14-11-15-26(33)3)32-22-10-9-21-31(32)27-16-5-4-6-17-27/h4-23H,1-3H3. The molecule has 0 aliphatic carbocycles. The van der Waals surface area contributed by atoms with E-state index in [1.54, 1.807) is 0 Å². The van der Waals surface area contributed by atoms with Gasteiger partial charge in [-0.05, 0) is 65.8 Å². The molecule has 0 bridgehead atoms. The molecule has 3 heteroatoms. The number of hydrogen-bond donors (Lipinski definition) is 0. The van der Waals surface area contributed by atoms with Crippen LogP contribution in [-0.4, -0.2) is 14.8 Å². The Labute approximate surface area is 224 Å². The Balaban J connectivity index is 1.61. The Kier molecular flexibility index (Phi) is 6.19. The Morgan fingerprint density at radius 3 is 1.68 bits per heavy atom. The zero-order valence-corrected chi connectivity index (χ0v) is 21.9. The van der Waals surface area contributed by atoms with Gasteiger partial charge in [0.25, 0.3) is 0 Å². The summed E-state index contributed by atoms with van der Waals surface area (Å²) in [5.41, 5.74) is 11.5. The number of benzene rings is 5. The van der Waals surface area contributed by atoms with Gasteiger partial charge in [0.15, 0.2) is 11.6 Å². The highest BCUT2D eigenvalue weighted by Crippen LogP contribution is 2.37. The third-order valence-corrected chi connectivity index (χ3v) is 7.16. The molecular weight excluding hydrogens is 462 g/mol. The number of aryl methyl sites for hydroxylation is 3. The van der Waals surface area contributed by atoms with Gasteiger partial charge >= 0.3 is 0 Å². The van der Waals surface area contributed by atoms with E-state index in [1.165, 1.54) is 27.8 Å². The maximum Gasteiger partial charge on any atom is 0.169 e. The largest absolute Gasteiger partial charge is 0.274 e. The molecule has 0 fully saturated rings. The Bertz CT molecular complexity index is 1720. The van der Waals surface area contributed by atoms with Crippen molar-refractivity contribution in [1.82, 2.24) is 14.8 Å². The summed E-state index contributed by atoms with van der Waals surface area (Å²) in [7, 11) is 0. The van der Waals surface area contributed by atoms with Crippen LogP contribution in [0.4, 0.5) is 0 Å². The van der Waals surface area contributed by atoms with Crippen molar-refractivity contribution in [2.75, 3.05) is 0 Å². The van der Waals surface area contributed by atoms with Crippen molar-refractivity contribution in [1.29, 1.82) is 0 Å². The van der Waals surface area contributed by atoms with Crippen molar-refractivity contribution < 1.29 is 0 Å². The molecule has 0 N–H and O–H groups in total. The van der Waals surface area contributed by atoms with Gasteiger partial charge in [0.2, 0.25) is 0 Å². The first-order chi connectivity index (χ1) is 18.6. The second-order valence-corrected chi connectivity index (χ2v) is 9.73. The van der Waals surface area contributed by atoms with Gasteiger partial charge in [-0.1, -0.05) is 115 Å². The fraction of sp³-hybridized carbons (Fsp3) is 0.0857. The van der Waals surface area contributed by atoms with E-state index in [-0.39, 0.29) is 0 Å². The van der Waals surface area contributed by atoms with Crippen LogP contribution in [-0.2, 0) is 0 Å². The molecule has 0 radical (unpaired) electrons. The van der Waals surface area contributed by atoms with Crippen LogP contribution in [0.25, 0.3) is 50.7 Å². The van der Waals surface area contributed by atoms with E-state index in [4.69, 9.17) is 10.2 Å². The van der Waals surface area contributed by atoms with Gasteiger partial charge in [0.1, 0.15) is 0 Å². The molecule has 0 saturated heterocycles. The molecule has 0 unspecified atom stereocenters. The molecule has 184 valence electrons. The van der Waals surface area contributed by atoms with Crippen LogP contribution in [0.3, 0.4) is 0 Å². The average molecular weight is 492 g/mol. The van der Waals surface area contributed by atoms with Crippen LogP contribution in [0.5, 0.6) is 0 Å². The van der Waals surface area contributed by atoms with Crippen molar-refractivity contribution in [3.05, 3.63) is 138 Å². The van der Waals surface area contributed by atoms with E-state index in [0.717, 1.165) is 39.6 Å². The summed E-state index contributed by atoms with van der Waals surface area (Å²) in [6, 6.07) is 42.5. The number of hydrogen-bond acceptors (Lipinski definition) is 2. The normalized spacial score (nSPS) is 11.0. The number of rotatable bonds is 5. The zero-order chi connectivity index (χ0) is 26.1.